The maximum absolute atomic E-state index is 12.0. The summed E-state index contributed by atoms with van der Waals surface area (Å²) in [6.07, 6.45) is 5.60. The minimum Gasteiger partial charge on any atom is -0.338 e. The molecule has 5 nitrogen and oxygen atoms in total. The van der Waals surface area contributed by atoms with Gasteiger partial charge < -0.3 is 10.6 Å². The van der Waals surface area contributed by atoms with E-state index < -0.39 is 0 Å². The summed E-state index contributed by atoms with van der Waals surface area (Å²) in [5, 5.41) is 6.04. The van der Waals surface area contributed by atoms with E-state index >= 15 is 0 Å². The number of hydrogen-bond donors (Lipinski definition) is 2. The topological polar surface area (TPSA) is 66.9 Å². The third-order valence-electron chi connectivity index (χ3n) is 4.29. The van der Waals surface area contributed by atoms with Gasteiger partial charge in [0.1, 0.15) is 5.82 Å². The van der Waals surface area contributed by atoms with E-state index in [2.05, 4.69) is 41.4 Å². The zero-order valence-corrected chi connectivity index (χ0v) is 13.5. The molecule has 0 aliphatic heterocycles. The minimum atomic E-state index is -0.0713. The maximum Gasteiger partial charge on any atom is 0.315 e. The summed E-state index contributed by atoms with van der Waals surface area (Å²) < 4.78 is 0. The lowest BCUT2D eigenvalue weighted by Crippen LogP contribution is -2.46. The highest BCUT2D eigenvalue weighted by Gasteiger charge is 2.22. The summed E-state index contributed by atoms with van der Waals surface area (Å²) in [6.45, 7) is 9.06. The van der Waals surface area contributed by atoms with Crippen molar-refractivity contribution in [2.75, 3.05) is 6.54 Å². The average Bonchev–Trinajstić information content (AvgIpc) is 2.45. The van der Waals surface area contributed by atoms with Crippen molar-refractivity contribution in [2.24, 2.45) is 5.41 Å². The lowest BCUT2D eigenvalue weighted by atomic mass is 9.90. The molecule has 0 saturated carbocycles. The second-order valence-electron chi connectivity index (χ2n) is 6.67. The summed E-state index contributed by atoms with van der Waals surface area (Å²) in [5.74, 6) is 0.819. The summed E-state index contributed by atoms with van der Waals surface area (Å²) in [7, 11) is 0. The van der Waals surface area contributed by atoms with E-state index in [0.29, 0.717) is 6.54 Å². The van der Waals surface area contributed by atoms with Crippen LogP contribution in [-0.2, 0) is 12.8 Å². The minimum absolute atomic E-state index is 0.0713. The Labute approximate surface area is 127 Å². The van der Waals surface area contributed by atoms with Crippen LogP contribution < -0.4 is 10.6 Å². The number of aromatic nitrogens is 2. The molecular formula is C16H26N4O. The van der Waals surface area contributed by atoms with E-state index in [0.717, 1.165) is 42.8 Å². The number of carbonyl (C=O) groups is 1. The lowest BCUT2D eigenvalue weighted by molar-refractivity contribution is 0.227. The third kappa shape index (κ3) is 4.41. The number of rotatable bonds is 4. The quantitative estimate of drug-likeness (QED) is 0.894. The highest BCUT2D eigenvalue weighted by Crippen LogP contribution is 2.19. The largest absolute Gasteiger partial charge is 0.338 e. The number of nitrogens with zero attached hydrogens (tertiary/aromatic N) is 2. The van der Waals surface area contributed by atoms with Crippen LogP contribution in [0.25, 0.3) is 0 Å². The first-order chi connectivity index (χ1) is 9.89. The van der Waals surface area contributed by atoms with Crippen molar-refractivity contribution in [1.29, 1.82) is 0 Å². The Bertz CT molecular complexity index is 513. The first-order valence-electron chi connectivity index (χ1n) is 7.75. The van der Waals surface area contributed by atoms with Crippen LogP contribution in [0.1, 0.15) is 50.7 Å². The smallest absolute Gasteiger partial charge is 0.315 e. The van der Waals surface area contributed by atoms with Crippen LogP contribution in [-0.4, -0.2) is 28.6 Å². The Kier molecular flexibility index (Phi) is 4.80. The van der Waals surface area contributed by atoms with Crippen LogP contribution in [0.15, 0.2) is 6.20 Å². The molecule has 5 heteroatoms. The average molecular weight is 290 g/mol. The molecule has 1 aliphatic rings. The molecule has 2 N–H and O–H groups in total. The molecule has 0 bridgehead atoms. The number of fused-ring (bicyclic) bond motifs is 1. The first kappa shape index (κ1) is 15.7. The number of hydrogen-bond acceptors (Lipinski definition) is 3. The number of amides is 2. The monoisotopic (exact) mass is 290 g/mol. The molecule has 0 radical (unpaired) electrons. The van der Waals surface area contributed by atoms with E-state index in [4.69, 9.17) is 0 Å². The summed E-state index contributed by atoms with van der Waals surface area (Å²) >= 11 is 0. The number of urea groups is 1. The van der Waals surface area contributed by atoms with Crippen molar-refractivity contribution in [3.8, 4) is 0 Å². The van der Waals surface area contributed by atoms with Crippen LogP contribution >= 0.6 is 0 Å². The van der Waals surface area contributed by atoms with E-state index in [1.54, 1.807) is 0 Å². The normalized spacial score (nSPS) is 18.0. The number of aryl methyl sites for hydroxylation is 2. The van der Waals surface area contributed by atoms with Crippen LogP contribution in [0.5, 0.6) is 0 Å². The third-order valence-corrected chi connectivity index (χ3v) is 4.29. The molecule has 0 fully saturated rings. The van der Waals surface area contributed by atoms with Crippen molar-refractivity contribution in [1.82, 2.24) is 20.6 Å². The van der Waals surface area contributed by atoms with Gasteiger partial charge in [-0.3, -0.25) is 0 Å². The molecule has 21 heavy (non-hydrogen) atoms. The molecule has 1 aromatic heterocycles. The zero-order chi connectivity index (χ0) is 15.5. The first-order valence-corrected chi connectivity index (χ1v) is 7.75. The Hall–Kier alpha value is -1.65. The molecule has 1 heterocycles. The molecule has 0 aromatic carbocycles. The Morgan fingerprint density at radius 3 is 2.95 bits per heavy atom. The fourth-order valence-electron chi connectivity index (χ4n) is 2.41. The second kappa shape index (κ2) is 6.41. The summed E-state index contributed by atoms with van der Waals surface area (Å²) in [6, 6.07) is 0.103. The summed E-state index contributed by atoms with van der Waals surface area (Å²) in [5.41, 5.74) is 2.43. The van der Waals surface area contributed by atoms with Gasteiger partial charge in [0.15, 0.2) is 0 Å². The zero-order valence-electron chi connectivity index (χ0n) is 13.5. The summed E-state index contributed by atoms with van der Waals surface area (Å²) in [4.78, 5) is 20.7. The molecule has 1 aromatic rings. The van der Waals surface area contributed by atoms with Gasteiger partial charge in [0.2, 0.25) is 0 Å². The van der Waals surface area contributed by atoms with E-state index in [-0.39, 0.29) is 17.5 Å². The van der Waals surface area contributed by atoms with Gasteiger partial charge in [0.25, 0.3) is 0 Å². The van der Waals surface area contributed by atoms with Gasteiger partial charge >= 0.3 is 6.03 Å². The SMILES string of the molecule is CCC(C)(C)CNC(=O)N[C@@H]1CCc2nc(C)ncc2C1. The predicted octanol–water partition coefficient (Wildman–Crippen LogP) is 2.38. The van der Waals surface area contributed by atoms with Crippen LogP contribution in [0, 0.1) is 12.3 Å². The van der Waals surface area contributed by atoms with E-state index in [1.807, 2.05) is 13.1 Å². The molecule has 2 rings (SSSR count). The Balaban J connectivity index is 1.85. The van der Waals surface area contributed by atoms with E-state index in [9.17, 15) is 4.79 Å². The molecule has 1 aliphatic carbocycles. The van der Waals surface area contributed by atoms with Crippen molar-refractivity contribution >= 4 is 6.03 Å². The van der Waals surface area contributed by atoms with Crippen LogP contribution in [0.4, 0.5) is 4.79 Å². The van der Waals surface area contributed by atoms with Crippen LogP contribution in [0.2, 0.25) is 0 Å². The van der Waals surface area contributed by atoms with Crippen LogP contribution in [0.3, 0.4) is 0 Å². The molecule has 116 valence electrons. The maximum atomic E-state index is 12.0. The van der Waals surface area contributed by atoms with Crippen molar-refractivity contribution < 1.29 is 4.79 Å². The van der Waals surface area contributed by atoms with Gasteiger partial charge in [0, 0.05) is 24.5 Å². The van der Waals surface area contributed by atoms with Gasteiger partial charge in [-0.1, -0.05) is 20.8 Å². The molecule has 0 unspecified atom stereocenters. The molecular weight excluding hydrogens is 264 g/mol. The highest BCUT2D eigenvalue weighted by atomic mass is 16.2. The van der Waals surface area contributed by atoms with Gasteiger partial charge in [-0.25, -0.2) is 14.8 Å². The van der Waals surface area contributed by atoms with Crippen molar-refractivity contribution in [3.05, 3.63) is 23.3 Å². The van der Waals surface area contributed by atoms with Crippen molar-refractivity contribution in [2.45, 2.75) is 59.4 Å². The van der Waals surface area contributed by atoms with Gasteiger partial charge in [-0.15, -0.1) is 0 Å². The second-order valence-corrected chi connectivity index (χ2v) is 6.67. The van der Waals surface area contributed by atoms with E-state index in [1.165, 1.54) is 0 Å². The molecule has 0 spiro atoms. The molecule has 2 amide bonds. The number of carbonyl (C=O) groups excluding carboxylic acids is 1. The standard InChI is InChI=1S/C16H26N4O/c1-5-16(3,4)10-18-15(21)20-13-6-7-14-12(8-13)9-17-11(2)19-14/h9,13H,5-8,10H2,1-4H3,(H2,18,20,21)/t13-/m1/s1. The molecule has 0 saturated heterocycles. The highest BCUT2D eigenvalue weighted by molar-refractivity contribution is 5.74. The van der Waals surface area contributed by atoms with Crippen molar-refractivity contribution in [3.63, 3.8) is 0 Å². The fraction of sp³-hybridized carbons (Fsp3) is 0.688. The number of nitrogens with one attached hydrogen (secondary N) is 2. The van der Waals surface area contributed by atoms with Gasteiger partial charge in [0.05, 0.1) is 0 Å². The Morgan fingerprint density at radius 2 is 2.24 bits per heavy atom. The van der Waals surface area contributed by atoms with Gasteiger partial charge in [-0.05, 0) is 43.6 Å². The lowest BCUT2D eigenvalue weighted by Gasteiger charge is -2.27. The fourth-order valence-corrected chi connectivity index (χ4v) is 2.41. The predicted molar refractivity (Wildman–Crippen MR) is 83.2 cm³/mol. The van der Waals surface area contributed by atoms with Gasteiger partial charge in [-0.2, -0.15) is 0 Å². The molecule has 1 atom stereocenters. The Morgan fingerprint density at radius 1 is 1.48 bits per heavy atom.